The van der Waals surface area contributed by atoms with E-state index in [0.29, 0.717) is 17.8 Å². The lowest BCUT2D eigenvalue weighted by Crippen LogP contribution is -2.27. The van der Waals surface area contributed by atoms with Crippen molar-refractivity contribution in [1.29, 1.82) is 0 Å². The van der Waals surface area contributed by atoms with E-state index < -0.39 is 0 Å². The normalized spacial score (nSPS) is 10.6. The Hall–Kier alpha value is -3.86. The Morgan fingerprint density at radius 3 is 2.33 bits per heavy atom. The van der Waals surface area contributed by atoms with Crippen molar-refractivity contribution in [3.63, 3.8) is 0 Å². The summed E-state index contributed by atoms with van der Waals surface area (Å²) >= 11 is 0. The van der Waals surface area contributed by atoms with Gasteiger partial charge in [0.1, 0.15) is 5.75 Å². The molecule has 0 unspecified atom stereocenters. The first-order valence-corrected chi connectivity index (χ1v) is 9.70. The number of carbonyl (C=O) groups is 2. The molecule has 0 aliphatic carbocycles. The molecular formula is C25H24N2O3. The zero-order valence-electron chi connectivity index (χ0n) is 16.8. The molecule has 3 aromatic rings. The van der Waals surface area contributed by atoms with Crippen LogP contribution in [0.3, 0.4) is 0 Å². The van der Waals surface area contributed by atoms with Crippen molar-refractivity contribution in [3.8, 4) is 5.75 Å². The van der Waals surface area contributed by atoms with Crippen LogP contribution in [0.1, 0.15) is 21.5 Å². The summed E-state index contributed by atoms with van der Waals surface area (Å²) in [5.74, 6) is 0.222. The standard InChI is InChI=1S/C25H24N2O3/c1-30-21-14-11-20(12-15-21)13-16-24(28)27-23-10-6-5-9-22(23)25(29)26-18-17-19-7-3-2-4-8-19/h2-16H,17-18H2,1H3,(H,26,29)(H,27,28)/b16-13+. The maximum Gasteiger partial charge on any atom is 0.253 e. The molecule has 5 heteroatoms. The molecule has 0 aliphatic heterocycles. The highest BCUT2D eigenvalue weighted by Gasteiger charge is 2.11. The van der Waals surface area contributed by atoms with Crippen LogP contribution in [0.15, 0.2) is 84.9 Å². The summed E-state index contributed by atoms with van der Waals surface area (Å²) in [4.78, 5) is 24.9. The average Bonchev–Trinajstić information content (AvgIpc) is 2.79. The maximum absolute atomic E-state index is 12.6. The summed E-state index contributed by atoms with van der Waals surface area (Å²) < 4.78 is 5.12. The molecule has 3 rings (SSSR count). The first-order chi connectivity index (χ1) is 14.7. The zero-order valence-corrected chi connectivity index (χ0v) is 16.8. The third kappa shape index (κ3) is 6.07. The molecular weight excluding hydrogens is 376 g/mol. The number of methoxy groups -OCH3 is 1. The molecule has 0 aliphatic rings. The van der Waals surface area contributed by atoms with E-state index in [0.717, 1.165) is 23.3 Å². The van der Waals surface area contributed by atoms with E-state index in [1.165, 1.54) is 6.08 Å². The lowest BCUT2D eigenvalue weighted by molar-refractivity contribution is -0.111. The fraction of sp³-hybridized carbons (Fsp3) is 0.120. The second-order valence-corrected chi connectivity index (χ2v) is 6.63. The van der Waals surface area contributed by atoms with E-state index in [4.69, 9.17) is 4.74 Å². The number of hydrogen-bond acceptors (Lipinski definition) is 3. The van der Waals surface area contributed by atoms with Crippen molar-refractivity contribution < 1.29 is 14.3 Å². The molecule has 3 aromatic carbocycles. The van der Waals surface area contributed by atoms with Crippen LogP contribution in [-0.4, -0.2) is 25.5 Å². The number of rotatable bonds is 8. The molecule has 2 amide bonds. The number of carbonyl (C=O) groups excluding carboxylic acids is 2. The van der Waals surface area contributed by atoms with Gasteiger partial charge in [-0.25, -0.2) is 0 Å². The number of para-hydroxylation sites is 1. The molecule has 30 heavy (non-hydrogen) atoms. The largest absolute Gasteiger partial charge is 0.497 e. The number of amides is 2. The molecule has 0 saturated heterocycles. The van der Waals surface area contributed by atoms with Crippen LogP contribution in [0, 0.1) is 0 Å². The second kappa shape index (κ2) is 10.6. The first kappa shape index (κ1) is 20.9. The Morgan fingerprint density at radius 2 is 1.60 bits per heavy atom. The lowest BCUT2D eigenvalue weighted by Gasteiger charge is -2.10. The van der Waals surface area contributed by atoms with Crippen molar-refractivity contribution in [2.24, 2.45) is 0 Å². The Balaban J connectivity index is 1.58. The van der Waals surface area contributed by atoms with Gasteiger partial charge in [0.2, 0.25) is 5.91 Å². The van der Waals surface area contributed by atoms with Crippen LogP contribution in [0.4, 0.5) is 5.69 Å². The van der Waals surface area contributed by atoms with E-state index >= 15 is 0 Å². The van der Waals surface area contributed by atoms with Crippen LogP contribution in [0.5, 0.6) is 5.75 Å². The van der Waals surface area contributed by atoms with Gasteiger partial charge in [-0.2, -0.15) is 0 Å². The van der Waals surface area contributed by atoms with Gasteiger partial charge < -0.3 is 15.4 Å². The van der Waals surface area contributed by atoms with Crippen molar-refractivity contribution >= 4 is 23.6 Å². The average molecular weight is 400 g/mol. The maximum atomic E-state index is 12.6. The molecule has 0 bridgehead atoms. The summed E-state index contributed by atoms with van der Waals surface area (Å²) in [6.45, 7) is 0.516. The molecule has 152 valence electrons. The minimum atomic E-state index is -0.310. The van der Waals surface area contributed by atoms with Gasteiger partial charge in [-0.05, 0) is 47.9 Å². The number of anilines is 1. The molecule has 2 N–H and O–H groups in total. The molecule has 0 atom stereocenters. The summed E-state index contributed by atoms with van der Waals surface area (Å²) in [6, 6.07) is 24.3. The first-order valence-electron chi connectivity index (χ1n) is 9.70. The van der Waals surface area contributed by atoms with Gasteiger partial charge in [0.15, 0.2) is 0 Å². The van der Waals surface area contributed by atoms with Gasteiger partial charge in [0.05, 0.1) is 18.4 Å². The Kier molecular flexibility index (Phi) is 7.39. The minimum absolute atomic E-state index is 0.221. The van der Waals surface area contributed by atoms with E-state index in [2.05, 4.69) is 10.6 Å². The third-order valence-corrected chi connectivity index (χ3v) is 4.51. The summed E-state index contributed by atoms with van der Waals surface area (Å²) in [5, 5.41) is 5.69. The molecule has 0 radical (unpaired) electrons. The Bertz CT molecular complexity index is 1010. The predicted molar refractivity (Wildman–Crippen MR) is 120 cm³/mol. The van der Waals surface area contributed by atoms with E-state index in [1.54, 1.807) is 37.5 Å². The monoisotopic (exact) mass is 400 g/mol. The topological polar surface area (TPSA) is 67.4 Å². The highest BCUT2D eigenvalue weighted by atomic mass is 16.5. The third-order valence-electron chi connectivity index (χ3n) is 4.51. The smallest absolute Gasteiger partial charge is 0.253 e. The quantitative estimate of drug-likeness (QED) is 0.554. The number of ether oxygens (including phenoxy) is 1. The molecule has 0 spiro atoms. The molecule has 0 aromatic heterocycles. The summed E-state index contributed by atoms with van der Waals surface area (Å²) in [6.07, 6.45) is 3.88. The Morgan fingerprint density at radius 1 is 0.900 bits per heavy atom. The Labute approximate surface area is 176 Å². The zero-order chi connectivity index (χ0) is 21.2. The summed E-state index contributed by atoms with van der Waals surface area (Å²) in [7, 11) is 1.60. The summed E-state index contributed by atoms with van der Waals surface area (Å²) in [5.41, 5.74) is 2.93. The van der Waals surface area contributed by atoms with Gasteiger partial charge >= 0.3 is 0 Å². The van der Waals surface area contributed by atoms with Gasteiger partial charge in [-0.3, -0.25) is 9.59 Å². The van der Waals surface area contributed by atoms with E-state index in [1.807, 2.05) is 54.6 Å². The fourth-order valence-electron chi connectivity index (χ4n) is 2.91. The van der Waals surface area contributed by atoms with Crippen molar-refractivity contribution in [2.75, 3.05) is 19.0 Å². The lowest BCUT2D eigenvalue weighted by atomic mass is 10.1. The SMILES string of the molecule is COc1ccc(/C=C/C(=O)Nc2ccccc2C(=O)NCCc2ccccc2)cc1. The molecule has 0 heterocycles. The van der Waals surface area contributed by atoms with Crippen LogP contribution in [-0.2, 0) is 11.2 Å². The minimum Gasteiger partial charge on any atom is -0.497 e. The predicted octanol–water partition coefficient (Wildman–Crippen LogP) is 4.32. The number of hydrogen-bond donors (Lipinski definition) is 2. The van der Waals surface area contributed by atoms with E-state index in [9.17, 15) is 9.59 Å². The van der Waals surface area contributed by atoms with Crippen LogP contribution >= 0.6 is 0 Å². The fourth-order valence-corrected chi connectivity index (χ4v) is 2.91. The number of nitrogens with one attached hydrogen (secondary N) is 2. The highest BCUT2D eigenvalue weighted by Crippen LogP contribution is 2.16. The van der Waals surface area contributed by atoms with Crippen LogP contribution in [0.2, 0.25) is 0 Å². The van der Waals surface area contributed by atoms with Crippen LogP contribution in [0.25, 0.3) is 6.08 Å². The van der Waals surface area contributed by atoms with Gasteiger partial charge in [-0.15, -0.1) is 0 Å². The molecule has 5 nitrogen and oxygen atoms in total. The van der Waals surface area contributed by atoms with Crippen LogP contribution < -0.4 is 15.4 Å². The highest BCUT2D eigenvalue weighted by molar-refractivity contribution is 6.07. The number of benzene rings is 3. The van der Waals surface area contributed by atoms with Crippen molar-refractivity contribution in [2.45, 2.75) is 6.42 Å². The van der Waals surface area contributed by atoms with Crippen molar-refractivity contribution in [1.82, 2.24) is 5.32 Å². The van der Waals surface area contributed by atoms with Gasteiger partial charge in [-0.1, -0.05) is 54.6 Å². The molecule has 0 fully saturated rings. The van der Waals surface area contributed by atoms with Crippen molar-refractivity contribution in [3.05, 3.63) is 102 Å². The van der Waals surface area contributed by atoms with E-state index in [-0.39, 0.29) is 11.8 Å². The van der Waals surface area contributed by atoms with Gasteiger partial charge in [0.25, 0.3) is 5.91 Å². The molecule has 0 saturated carbocycles. The second-order valence-electron chi connectivity index (χ2n) is 6.63. The van der Waals surface area contributed by atoms with Gasteiger partial charge in [0, 0.05) is 12.6 Å².